The van der Waals surface area contributed by atoms with E-state index in [2.05, 4.69) is 25.4 Å². The summed E-state index contributed by atoms with van der Waals surface area (Å²) in [6, 6.07) is 11.7. The average molecular weight is 381 g/mol. The summed E-state index contributed by atoms with van der Waals surface area (Å²) in [4.78, 5) is 4.04. The number of halogens is 3. The molecule has 3 heterocycles. The van der Waals surface area contributed by atoms with Gasteiger partial charge in [-0.1, -0.05) is 12.1 Å². The van der Waals surface area contributed by atoms with Gasteiger partial charge in [0.1, 0.15) is 5.82 Å². The molecular formula is C20H14F3N5. The summed E-state index contributed by atoms with van der Waals surface area (Å²) in [7, 11) is 0. The Morgan fingerprint density at radius 1 is 1.00 bits per heavy atom. The van der Waals surface area contributed by atoms with Crippen molar-refractivity contribution in [2.45, 2.75) is 24.2 Å². The summed E-state index contributed by atoms with van der Waals surface area (Å²) in [5.41, 5.74) is 1.27. The van der Waals surface area contributed by atoms with Gasteiger partial charge >= 0.3 is 0 Å². The fourth-order valence-corrected chi connectivity index (χ4v) is 3.88. The van der Waals surface area contributed by atoms with E-state index in [1.165, 1.54) is 18.3 Å². The molecule has 0 spiro atoms. The largest absolute Gasteiger partial charge is 0.278 e. The SMILES string of the molecule is Fc1cccnc1C1(c2ccc(-c3ccc4cn[nH]c4c3)nn2)CC(F)(F)C1. The molecule has 140 valence electrons. The number of aromatic nitrogens is 5. The summed E-state index contributed by atoms with van der Waals surface area (Å²) in [6.07, 6.45) is 2.04. The highest BCUT2D eigenvalue weighted by molar-refractivity contribution is 5.82. The number of H-pyrrole nitrogens is 1. The van der Waals surface area contributed by atoms with Crippen LogP contribution in [0.25, 0.3) is 22.2 Å². The van der Waals surface area contributed by atoms with Gasteiger partial charge in [-0.3, -0.25) is 10.1 Å². The van der Waals surface area contributed by atoms with Crippen LogP contribution in [0, 0.1) is 5.82 Å². The quantitative estimate of drug-likeness (QED) is 0.576. The van der Waals surface area contributed by atoms with E-state index in [9.17, 15) is 13.2 Å². The molecule has 8 heteroatoms. The van der Waals surface area contributed by atoms with Gasteiger partial charge in [0.2, 0.25) is 0 Å². The Kier molecular flexibility index (Phi) is 3.52. The second kappa shape index (κ2) is 5.85. The maximum atomic E-state index is 14.3. The van der Waals surface area contributed by atoms with Crippen LogP contribution in [0.1, 0.15) is 24.2 Å². The molecule has 0 bridgehead atoms. The fraction of sp³-hybridized carbons (Fsp3) is 0.200. The number of fused-ring (bicyclic) bond motifs is 1. The predicted molar refractivity (Wildman–Crippen MR) is 96.3 cm³/mol. The summed E-state index contributed by atoms with van der Waals surface area (Å²) < 4.78 is 41.9. The molecule has 28 heavy (non-hydrogen) atoms. The molecule has 1 saturated carbocycles. The van der Waals surface area contributed by atoms with Crippen LogP contribution >= 0.6 is 0 Å². The van der Waals surface area contributed by atoms with E-state index in [0.717, 1.165) is 16.5 Å². The second-order valence-electron chi connectivity index (χ2n) is 7.10. The molecule has 0 atom stereocenters. The first kappa shape index (κ1) is 16.9. The smallest absolute Gasteiger partial charge is 0.250 e. The molecule has 0 amide bonds. The molecule has 5 rings (SSSR count). The van der Waals surface area contributed by atoms with E-state index in [1.54, 1.807) is 18.3 Å². The van der Waals surface area contributed by atoms with Crippen molar-refractivity contribution in [1.82, 2.24) is 25.4 Å². The molecule has 1 fully saturated rings. The van der Waals surface area contributed by atoms with Gasteiger partial charge in [0.05, 0.1) is 34.2 Å². The van der Waals surface area contributed by atoms with E-state index < -0.39 is 30.0 Å². The Labute approximate surface area is 157 Å². The van der Waals surface area contributed by atoms with Crippen LogP contribution in [-0.2, 0) is 5.41 Å². The van der Waals surface area contributed by atoms with Crippen molar-refractivity contribution in [1.29, 1.82) is 0 Å². The van der Waals surface area contributed by atoms with Crippen molar-refractivity contribution in [2.75, 3.05) is 0 Å². The Morgan fingerprint density at radius 3 is 2.57 bits per heavy atom. The highest BCUT2D eigenvalue weighted by Gasteiger charge is 2.61. The van der Waals surface area contributed by atoms with Gasteiger partial charge in [0.15, 0.2) is 0 Å². The van der Waals surface area contributed by atoms with Gasteiger partial charge in [-0.05, 0) is 30.3 Å². The minimum atomic E-state index is -2.88. The number of rotatable bonds is 3. The van der Waals surface area contributed by atoms with Crippen LogP contribution in [0.4, 0.5) is 13.2 Å². The minimum absolute atomic E-state index is 0.0122. The van der Waals surface area contributed by atoms with Crippen LogP contribution in [0.5, 0.6) is 0 Å². The van der Waals surface area contributed by atoms with Crippen molar-refractivity contribution in [3.8, 4) is 11.3 Å². The third kappa shape index (κ3) is 2.56. The van der Waals surface area contributed by atoms with Gasteiger partial charge in [0, 0.05) is 30.0 Å². The molecule has 0 radical (unpaired) electrons. The Balaban J connectivity index is 1.55. The lowest BCUT2D eigenvalue weighted by Crippen LogP contribution is -2.51. The number of nitrogens with one attached hydrogen (secondary N) is 1. The standard InChI is InChI=1S/C20H14F3N5/c21-14-2-1-7-24-18(14)19(10-20(22,23)11-19)17-6-5-15(27-28-17)12-3-4-13-9-25-26-16(13)8-12/h1-9H,10-11H2,(H,25,26). The summed E-state index contributed by atoms with van der Waals surface area (Å²) in [5, 5.41) is 16.2. The molecule has 1 aliphatic rings. The molecule has 3 aromatic heterocycles. The van der Waals surface area contributed by atoms with Crippen LogP contribution in [0.2, 0.25) is 0 Å². The molecule has 1 aliphatic carbocycles. The highest BCUT2D eigenvalue weighted by atomic mass is 19.3. The molecule has 1 aromatic carbocycles. The van der Waals surface area contributed by atoms with Crippen molar-refractivity contribution in [2.24, 2.45) is 0 Å². The Bertz CT molecular complexity index is 1160. The van der Waals surface area contributed by atoms with Crippen molar-refractivity contribution >= 4 is 10.9 Å². The van der Waals surface area contributed by atoms with Crippen LogP contribution < -0.4 is 0 Å². The van der Waals surface area contributed by atoms with Gasteiger partial charge in [-0.2, -0.15) is 15.3 Å². The zero-order valence-electron chi connectivity index (χ0n) is 14.5. The second-order valence-corrected chi connectivity index (χ2v) is 7.10. The fourth-order valence-electron chi connectivity index (χ4n) is 3.88. The summed E-state index contributed by atoms with van der Waals surface area (Å²) >= 11 is 0. The predicted octanol–water partition coefficient (Wildman–Crippen LogP) is 4.27. The average Bonchev–Trinajstić information content (AvgIpc) is 3.14. The number of alkyl halides is 2. The first-order chi connectivity index (χ1) is 13.5. The van der Waals surface area contributed by atoms with E-state index in [0.29, 0.717) is 11.4 Å². The molecule has 0 saturated heterocycles. The zero-order chi connectivity index (χ0) is 19.4. The topological polar surface area (TPSA) is 67.3 Å². The lowest BCUT2D eigenvalue weighted by Gasteiger charge is -2.46. The van der Waals surface area contributed by atoms with Crippen LogP contribution in [0.3, 0.4) is 0 Å². The molecule has 4 aromatic rings. The number of aromatic amines is 1. The highest BCUT2D eigenvalue weighted by Crippen LogP contribution is 2.56. The molecule has 5 nitrogen and oxygen atoms in total. The van der Waals surface area contributed by atoms with Gasteiger partial charge in [-0.15, -0.1) is 0 Å². The van der Waals surface area contributed by atoms with Gasteiger partial charge in [0.25, 0.3) is 5.92 Å². The number of pyridine rings is 1. The molecule has 0 aliphatic heterocycles. The van der Waals surface area contributed by atoms with E-state index in [4.69, 9.17) is 0 Å². The van der Waals surface area contributed by atoms with Crippen molar-refractivity contribution in [3.63, 3.8) is 0 Å². The van der Waals surface area contributed by atoms with E-state index in [1.807, 2.05) is 18.2 Å². The Hall–Kier alpha value is -3.29. The zero-order valence-corrected chi connectivity index (χ0v) is 14.5. The van der Waals surface area contributed by atoms with Gasteiger partial charge in [-0.25, -0.2) is 13.2 Å². The summed E-state index contributed by atoms with van der Waals surface area (Å²) in [5.74, 6) is -3.50. The van der Waals surface area contributed by atoms with Crippen molar-refractivity contribution < 1.29 is 13.2 Å². The normalized spacial score (nSPS) is 17.4. The Morgan fingerprint density at radius 2 is 1.86 bits per heavy atom. The van der Waals surface area contributed by atoms with E-state index >= 15 is 0 Å². The molecule has 1 N–H and O–H groups in total. The van der Waals surface area contributed by atoms with Crippen molar-refractivity contribution in [3.05, 3.63) is 72.1 Å². The lowest BCUT2D eigenvalue weighted by atomic mass is 9.61. The van der Waals surface area contributed by atoms with Gasteiger partial charge < -0.3 is 0 Å². The third-order valence-corrected chi connectivity index (χ3v) is 5.23. The van der Waals surface area contributed by atoms with E-state index in [-0.39, 0.29) is 5.69 Å². The third-order valence-electron chi connectivity index (χ3n) is 5.23. The first-order valence-electron chi connectivity index (χ1n) is 8.73. The summed E-state index contributed by atoms with van der Waals surface area (Å²) in [6.45, 7) is 0. The lowest BCUT2D eigenvalue weighted by molar-refractivity contribution is -0.117. The van der Waals surface area contributed by atoms with Crippen LogP contribution in [-0.4, -0.2) is 31.3 Å². The number of benzene rings is 1. The maximum absolute atomic E-state index is 14.3. The molecular weight excluding hydrogens is 367 g/mol. The maximum Gasteiger partial charge on any atom is 0.250 e. The minimum Gasteiger partial charge on any atom is -0.278 e. The first-order valence-corrected chi connectivity index (χ1v) is 8.73. The van der Waals surface area contributed by atoms with Crippen LogP contribution in [0.15, 0.2) is 54.9 Å². The number of hydrogen-bond donors (Lipinski definition) is 1. The number of hydrogen-bond acceptors (Lipinski definition) is 4. The molecule has 0 unspecified atom stereocenters. The number of nitrogens with zero attached hydrogens (tertiary/aromatic N) is 4. The monoisotopic (exact) mass is 381 g/mol.